The van der Waals surface area contributed by atoms with Crippen molar-refractivity contribution in [3.63, 3.8) is 0 Å². The van der Waals surface area contributed by atoms with Crippen molar-refractivity contribution in [2.75, 3.05) is 13.1 Å². The summed E-state index contributed by atoms with van der Waals surface area (Å²) in [7, 11) is 3.84. The molecule has 0 spiro atoms. The Bertz CT molecular complexity index is 86.9. The molecule has 0 aliphatic carbocycles. The van der Waals surface area contributed by atoms with Crippen LogP contribution in [0.4, 0.5) is 0 Å². The van der Waals surface area contributed by atoms with Gasteiger partial charge in [-0.3, -0.25) is 0 Å². The van der Waals surface area contributed by atoms with Crippen LogP contribution in [0.5, 0.6) is 0 Å². The fourth-order valence-electron chi connectivity index (χ4n) is 0.884. The molecule has 1 rings (SSSR count). The smallest absolute Gasteiger partial charge is 0.0746 e. The fourth-order valence-corrected chi connectivity index (χ4v) is 0.884. The maximum atomic E-state index is 3.84. The van der Waals surface area contributed by atoms with E-state index in [0.717, 1.165) is 6.54 Å². The lowest BCUT2D eigenvalue weighted by Gasteiger charge is -2.08. The SMILES string of the molecule is C.C.C.C.C=C1CC[NH+]([CH2-])C1. The topological polar surface area (TPSA) is 4.44 Å². The van der Waals surface area contributed by atoms with Gasteiger partial charge in [0.05, 0.1) is 13.1 Å². The molecule has 0 aromatic carbocycles. The summed E-state index contributed by atoms with van der Waals surface area (Å²) in [5, 5.41) is 0. The van der Waals surface area contributed by atoms with Gasteiger partial charge in [-0.25, -0.2) is 0 Å². The molecule has 1 heteroatoms. The summed E-state index contributed by atoms with van der Waals surface area (Å²) in [5.74, 6) is 0. The second kappa shape index (κ2) is 9.70. The van der Waals surface area contributed by atoms with Gasteiger partial charge >= 0.3 is 0 Å². The van der Waals surface area contributed by atoms with Crippen LogP contribution < -0.4 is 4.90 Å². The number of likely N-dealkylation sites (tertiary alicyclic amines) is 1. The quantitative estimate of drug-likeness (QED) is 0.410. The Labute approximate surface area is 74.1 Å². The zero-order chi connectivity index (χ0) is 5.28. The van der Waals surface area contributed by atoms with Crippen LogP contribution in [-0.2, 0) is 0 Å². The van der Waals surface area contributed by atoms with Crippen LogP contribution in [0, 0.1) is 7.05 Å². The molecule has 1 unspecified atom stereocenters. The molecule has 0 saturated carbocycles. The van der Waals surface area contributed by atoms with Crippen molar-refractivity contribution in [2.24, 2.45) is 0 Å². The molecule has 1 aliphatic heterocycles. The third kappa shape index (κ3) is 7.60. The number of nitrogens with one attached hydrogen (secondary N) is 1. The Morgan fingerprint density at radius 2 is 1.64 bits per heavy atom. The molecule has 0 aromatic rings. The molecule has 11 heavy (non-hydrogen) atoms. The van der Waals surface area contributed by atoms with Crippen LogP contribution in [-0.4, -0.2) is 13.1 Å². The average molecular weight is 161 g/mol. The van der Waals surface area contributed by atoms with Crippen molar-refractivity contribution in [1.29, 1.82) is 0 Å². The first-order chi connectivity index (χ1) is 3.29. The summed E-state index contributed by atoms with van der Waals surface area (Å²) in [6.07, 6.45) is 1.18. The maximum Gasteiger partial charge on any atom is 0.0746 e. The molecule has 0 radical (unpaired) electrons. The first-order valence-electron chi connectivity index (χ1n) is 2.62. The summed E-state index contributed by atoms with van der Waals surface area (Å²) in [6.45, 7) is 6.11. The Kier molecular flexibility index (Phi) is 19.8. The van der Waals surface area contributed by atoms with E-state index in [1.807, 2.05) is 0 Å². The summed E-state index contributed by atoms with van der Waals surface area (Å²) < 4.78 is 0. The first kappa shape index (κ1) is 22.4. The highest BCUT2D eigenvalue weighted by molar-refractivity contribution is 4.96. The van der Waals surface area contributed by atoms with E-state index in [1.165, 1.54) is 23.4 Å². The third-order valence-electron chi connectivity index (χ3n) is 1.33. The Balaban J connectivity index is -0.0000000612. The van der Waals surface area contributed by atoms with E-state index in [1.54, 1.807) is 0 Å². The van der Waals surface area contributed by atoms with E-state index in [2.05, 4.69) is 13.6 Å². The van der Waals surface area contributed by atoms with Gasteiger partial charge in [0.2, 0.25) is 0 Å². The van der Waals surface area contributed by atoms with Crippen LogP contribution in [0.25, 0.3) is 0 Å². The van der Waals surface area contributed by atoms with Gasteiger partial charge in [-0.05, 0) is 5.57 Å². The van der Waals surface area contributed by atoms with Crippen LogP contribution in [0.1, 0.15) is 36.1 Å². The minimum atomic E-state index is 0. The van der Waals surface area contributed by atoms with E-state index in [-0.39, 0.29) is 29.7 Å². The molecular weight excluding hydrogens is 134 g/mol. The highest BCUT2D eigenvalue weighted by Crippen LogP contribution is 1.95. The van der Waals surface area contributed by atoms with Gasteiger partial charge in [-0.15, -0.1) is 0 Å². The predicted molar refractivity (Wildman–Crippen MR) is 56.7 cm³/mol. The van der Waals surface area contributed by atoms with Crippen molar-refractivity contribution < 1.29 is 4.90 Å². The van der Waals surface area contributed by atoms with Gasteiger partial charge in [-0.2, -0.15) is 7.05 Å². The second-order valence-corrected chi connectivity index (χ2v) is 2.18. The second-order valence-electron chi connectivity index (χ2n) is 2.18. The number of hydrogen-bond donors (Lipinski definition) is 1. The summed E-state index contributed by atoms with van der Waals surface area (Å²) in [4.78, 5) is 1.35. The number of quaternary nitrogens is 1. The van der Waals surface area contributed by atoms with Gasteiger partial charge in [0, 0.05) is 6.42 Å². The zero-order valence-electron chi connectivity index (χ0n) is 4.54. The molecule has 1 fully saturated rings. The fraction of sp³-hybridized carbons (Fsp3) is 0.700. The minimum absolute atomic E-state index is 0. The molecule has 0 aromatic heterocycles. The van der Waals surface area contributed by atoms with Gasteiger partial charge in [0.1, 0.15) is 0 Å². The molecule has 1 saturated heterocycles. The van der Waals surface area contributed by atoms with E-state index < -0.39 is 0 Å². The Morgan fingerprint density at radius 3 is 1.73 bits per heavy atom. The lowest BCUT2D eigenvalue weighted by atomic mass is 10.3. The van der Waals surface area contributed by atoms with Crippen LogP contribution in [0.3, 0.4) is 0 Å². The van der Waals surface area contributed by atoms with E-state index in [0.29, 0.717) is 0 Å². The molecule has 0 bridgehead atoms. The standard InChI is InChI=1S/C6H11N.4CH4/c1-6-3-4-7(2)5-6;;;;/h7H,1-5H2;4*1H4. The number of hydrogen-bond acceptors (Lipinski definition) is 0. The van der Waals surface area contributed by atoms with Gasteiger partial charge in [-0.1, -0.05) is 36.3 Å². The summed E-state index contributed by atoms with van der Waals surface area (Å²) in [6, 6.07) is 0. The van der Waals surface area contributed by atoms with Gasteiger partial charge in [0.15, 0.2) is 0 Å². The Morgan fingerprint density at radius 1 is 1.18 bits per heavy atom. The van der Waals surface area contributed by atoms with Crippen molar-refractivity contribution in [1.82, 2.24) is 0 Å². The van der Waals surface area contributed by atoms with E-state index in [9.17, 15) is 0 Å². The highest BCUT2D eigenvalue weighted by Gasteiger charge is 2.08. The summed E-state index contributed by atoms with van der Waals surface area (Å²) >= 11 is 0. The number of rotatable bonds is 0. The molecule has 1 aliphatic rings. The average Bonchev–Trinajstić information content (AvgIpc) is 1.87. The lowest BCUT2D eigenvalue weighted by Crippen LogP contribution is -3.04. The first-order valence-corrected chi connectivity index (χ1v) is 2.62. The zero-order valence-corrected chi connectivity index (χ0v) is 4.54. The molecule has 0 amide bonds. The van der Waals surface area contributed by atoms with Gasteiger partial charge < -0.3 is 4.90 Å². The maximum absolute atomic E-state index is 3.84. The van der Waals surface area contributed by atoms with E-state index >= 15 is 0 Å². The largest absolute Gasteiger partial charge is 0.464 e. The minimum Gasteiger partial charge on any atom is -0.464 e. The van der Waals surface area contributed by atoms with Gasteiger partial charge in [0.25, 0.3) is 0 Å². The van der Waals surface area contributed by atoms with Crippen molar-refractivity contribution in [3.05, 3.63) is 19.2 Å². The molecule has 1 N–H and O–H groups in total. The third-order valence-corrected chi connectivity index (χ3v) is 1.33. The van der Waals surface area contributed by atoms with Crippen LogP contribution in [0.2, 0.25) is 0 Å². The van der Waals surface area contributed by atoms with E-state index in [4.69, 9.17) is 0 Å². The Hall–Kier alpha value is -0.300. The predicted octanol–water partition coefficient (Wildman–Crippen LogP) is 2.17. The lowest BCUT2D eigenvalue weighted by molar-refractivity contribution is -0.837. The highest BCUT2D eigenvalue weighted by atomic mass is 15.1. The normalized spacial score (nSPS) is 20.1. The summed E-state index contributed by atoms with van der Waals surface area (Å²) in [5.41, 5.74) is 1.35. The van der Waals surface area contributed by atoms with Crippen LogP contribution in [0.15, 0.2) is 12.2 Å². The molecular formula is C10H27N. The van der Waals surface area contributed by atoms with Crippen molar-refractivity contribution in [3.8, 4) is 0 Å². The van der Waals surface area contributed by atoms with Crippen molar-refractivity contribution >= 4 is 0 Å². The van der Waals surface area contributed by atoms with Crippen molar-refractivity contribution in [2.45, 2.75) is 36.1 Å². The molecule has 72 valence electrons. The molecule has 1 nitrogen and oxygen atoms in total. The monoisotopic (exact) mass is 161 g/mol. The molecule has 1 atom stereocenters. The molecule has 1 heterocycles. The van der Waals surface area contributed by atoms with Crippen LogP contribution >= 0.6 is 0 Å².